The lowest BCUT2D eigenvalue weighted by Crippen LogP contribution is -2.14. The van der Waals surface area contributed by atoms with E-state index in [0.717, 1.165) is 34.7 Å². The maximum Gasteiger partial charge on any atom is 0.262 e. The molecule has 0 saturated carbocycles. The maximum atomic E-state index is 13.1. The Hall–Kier alpha value is -3.58. The van der Waals surface area contributed by atoms with Crippen molar-refractivity contribution in [1.82, 2.24) is 9.78 Å². The summed E-state index contributed by atoms with van der Waals surface area (Å²) in [6.45, 7) is 8.42. The molecule has 0 radical (unpaired) electrons. The zero-order valence-corrected chi connectivity index (χ0v) is 21.3. The van der Waals surface area contributed by atoms with Gasteiger partial charge < -0.3 is 4.74 Å². The highest BCUT2D eigenvalue weighted by Gasteiger charge is 2.20. The monoisotopic (exact) mass is 489 g/mol. The molecule has 6 nitrogen and oxygen atoms in total. The SMILES string of the molecule is CCC(C)c1ccc(S(=O)(=O)Nc2c(C)nn(Cc3cccc(Oc4ccccc4)c3)c2C)cc1. The number of aryl methyl sites for hydroxylation is 1. The first-order valence-corrected chi connectivity index (χ1v) is 13.2. The molecule has 3 aromatic carbocycles. The molecule has 1 heterocycles. The average molecular weight is 490 g/mol. The molecule has 1 unspecified atom stereocenters. The molecule has 1 N–H and O–H groups in total. The molecule has 0 saturated heterocycles. The molecule has 4 aromatic rings. The number of nitrogens with one attached hydrogen (secondary N) is 1. The van der Waals surface area contributed by atoms with E-state index in [2.05, 4.69) is 23.7 Å². The van der Waals surface area contributed by atoms with Crippen molar-refractivity contribution in [2.75, 3.05) is 4.72 Å². The Bertz CT molecular complexity index is 1400. The third-order valence-electron chi connectivity index (χ3n) is 6.20. The van der Waals surface area contributed by atoms with Crippen molar-refractivity contribution in [3.63, 3.8) is 0 Å². The maximum absolute atomic E-state index is 13.1. The summed E-state index contributed by atoms with van der Waals surface area (Å²) < 4.78 is 36.6. The van der Waals surface area contributed by atoms with Crippen LogP contribution >= 0.6 is 0 Å². The van der Waals surface area contributed by atoms with E-state index in [9.17, 15) is 8.42 Å². The second-order valence-corrected chi connectivity index (χ2v) is 10.4. The van der Waals surface area contributed by atoms with Gasteiger partial charge in [-0.25, -0.2) is 8.42 Å². The van der Waals surface area contributed by atoms with Gasteiger partial charge in [-0.2, -0.15) is 5.10 Å². The molecule has 1 aromatic heterocycles. The van der Waals surface area contributed by atoms with Gasteiger partial charge in [0, 0.05) is 0 Å². The summed E-state index contributed by atoms with van der Waals surface area (Å²) in [7, 11) is -3.73. The van der Waals surface area contributed by atoms with E-state index in [1.807, 2.05) is 80.6 Å². The lowest BCUT2D eigenvalue weighted by Gasteiger charge is -2.12. The predicted molar refractivity (Wildman–Crippen MR) is 140 cm³/mol. The highest BCUT2D eigenvalue weighted by atomic mass is 32.2. The van der Waals surface area contributed by atoms with Crippen molar-refractivity contribution in [1.29, 1.82) is 0 Å². The molecule has 0 aliphatic rings. The van der Waals surface area contributed by atoms with Gasteiger partial charge in [0.1, 0.15) is 11.5 Å². The summed E-state index contributed by atoms with van der Waals surface area (Å²) in [5.74, 6) is 1.89. The Morgan fingerprint density at radius 2 is 1.63 bits per heavy atom. The fourth-order valence-corrected chi connectivity index (χ4v) is 5.08. The van der Waals surface area contributed by atoms with Crippen LogP contribution in [0.4, 0.5) is 5.69 Å². The van der Waals surface area contributed by atoms with Crippen LogP contribution in [0.3, 0.4) is 0 Å². The third kappa shape index (κ3) is 5.74. The van der Waals surface area contributed by atoms with Crippen molar-refractivity contribution in [2.24, 2.45) is 0 Å². The standard InChI is InChI=1S/C28H31N3O3S/c1-5-20(2)24-14-16-27(17-15-24)35(32,33)30-28-21(3)29-31(22(28)4)19-23-10-9-13-26(18-23)34-25-11-7-6-8-12-25/h6-18,20,30H,5,19H2,1-4H3. The molecule has 0 aliphatic heterocycles. The Balaban J connectivity index is 1.52. The van der Waals surface area contributed by atoms with Gasteiger partial charge in [-0.05, 0) is 73.7 Å². The van der Waals surface area contributed by atoms with Crippen LogP contribution in [0.25, 0.3) is 0 Å². The lowest BCUT2D eigenvalue weighted by atomic mass is 9.99. The summed E-state index contributed by atoms with van der Waals surface area (Å²) in [5, 5.41) is 4.59. The van der Waals surface area contributed by atoms with Crippen LogP contribution < -0.4 is 9.46 Å². The van der Waals surface area contributed by atoms with Crippen LogP contribution in [0.5, 0.6) is 11.5 Å². The van der Waals surface area contributed by atoms with Gasteiger partial charge in [0.2, 0.25) is 0 Å². The van der Waals surface area contributed by atoms with E-state index in [4.69, 9.17) is 4.74 Å². The highest BCUT2D eigenvalue weighted by Crippen LogP contribution is 2.27. The molecule has 0 aliphatic carbocycles. The Morgan fingerprint density at radius 3 is 2.31 bits per heavy atom. The van der Waals surface area contributed by atoms with Gasteiger partial charge in [-0.3, -0.25) is 9.40 Å². The Morgan fingerprint density at radius 1 is 0.943 bits per heavy atom. The number of aromatic nitrogens is 2. The average Bonchev–Trinajstić information content (AvgIpc) is 3.11. The van der Waals surface area contributed by atoms with E-state index in [-0.39, 0.29) is 4.90 Å². The molecule has 1 atom stereocenters. The Kier molecular flexibility index (Phi) is 7.26. The number of rotatable bonds is 9. The van der Waals surface area contributed by atoms with E-state index >= 15 is 0 Å². The molecule has 4 rings (SSSR count). The number of hydrogen-bond donors (Lipinski definition) is 1. The number of anilines is 1. The molecule has 0 fully saturated rings. The summed E-state index contributed by atoms with van der Waals surface area (Å²) in [6, 6.07) is 24.5. The van der Waals surface area contributed by atoms with E-state index in [0.29, 0.717) is 23.8 Å². The van der Waals surface area contributed by atoms with Crippen molar-refractivity contribution in [3.05, 3.63) is 101 Å². The van der Waals surface area contributed by atoms with Crippen LogP contribution in [-0.2, 0) is 16.6 Å². The number of sulfonamides is 1. The fourth-order valence-electron chi connectivity index (χ4n) is 3.91. The summed E-state index contributed by atoms with van der Waals surface area (Å²) in [5.41, 5.74) is 4.01. The first-order valence-electron chi connectivity index (χ1n) is 11.8. The van der Waals surface area contributed by atoms with Gasteiger partial charge >= 0.3 is 0 Å². The molecule has 0 amide bonds. The number of nitrogens with zero attached hydrogens (tertiary/aromatic N) is 2. The largest absolute Gasteiger partial charge is 0.457 e. The second-order valence-electron chi connectivity index (χ2n) is 8.75. The van der Waals surface area contributed by atoms with Crippen LogP contribution in [0.1, 0.15) is 48.7 Å². The van der Waals surface area contributed by atoms with Gasteiger partial charge in [-0.15, -0.1) is 0 Å². The minimum Gasteiger partial charge on any atom is -0.457 e. The van der Waals surface area contributed by atoms with Gasteiger partial charge in [0.15, 0.2) is 0 Å². The normalized spacial score (nSPS) is 12.3. The molecular weight excluding hydrogens is 458 g/mol. The highest BCUT2D eigenvalue weighted by molar-refractivity contribution is 7.92. The molecule has 182 valence electrons. The van der Waals surface area contributed by atoms with Crippen molar-refractivity contribution < 1.29 is 13.2 Å². The van der Waals surface area contributed by atoms with Gasteiger partial charge in [-0.1, -0.05) is 56.3 Å². The quantitative estimate of drug-likeness (QED) is 0.285. The predicted octanol–water partition coefficient (Wildman–Crippen LogP) is 6.65. The van der Waals surface area contributed by atoms with Gasteiger partial charge in [0.05, 0.1) is 28.5 Å². The van der Waals surface area contributed by atoms with Gasteiger partial charge in [0.25, 0.3) is 10.0 Å². The topological polar surface area (TPSA) is 73.2 Å². The van der Waals surface area contributed by atoms with E-state index in [1.54, 1.807) is 16.8 Å². The smallest absolute Gasteiger partial charge is 0.262 e. The number of ether oxygens (including phenoxy) is 1. The van der Waals surface area contributed by atoms with E-state index < -0.39 is 10.0 Å². The molecule has 0 spiro atoms. The zero-order chi connectivity index (χ0) is 25.0. The van der Waals surface area contributed by atoms with Crippen LogP contribution in [0.15, 0.2) is 83.8 Å². The van der Waals surface area contributed by atoms with Crippen LogP contribution in [0.2, 0.25) is 0 Å². The fraction of sp³-hybridized carbons (Fsp3) is 0.250. The molecular formula is C28H31N3O3S. The summed E-state index contributed by atoms with van der Waals surface area (Å²) in [6.07, 6.45) is 1.00. The van der Waals surface area contributed by atoms with Crippen molar-refractivity contribution in [2.45, 2.75) is 51.5 Å². The van der Waals surface area contributed by atoms with Crippen molar-refractivity contribution in [3.8, 4) is 11.5 Å². The van der Waals surface area contributed by atoms with Crippen molar-refractivity contribution >= 4 is 15.7 Å². The van der Waals surface area contributed by atoms with E-state index in [1.165, 1.54) is 0 Å². The zero-order valence-electron chi connectivity index (χ0n) is 20.5. The third-order valence-corrected chi connectivity index (χ3v) is 7.57. The molecule has 0 bridgehead atoms. The molecule has 7 heteroatoms. The summed E-state index contributed by atoms with van der Waals surface area (Å²) in [4.78, 5) is 0.238. The minimum absolute atomic E-state index is 0.238. The second kappa shape index (κ2) is 10.4. The number of benzene rings is 3. The van der Waals surface area contributed by atoms with Crippen LogP contribution in [0, 0.1) is 13.8 Å². The summed E-state index contributed by atoms with van der Waals surface area (Å²) >= 11 is 0. The number of hydrogen-bond acceptors (Lipinski definition) is 4. The Labute approximate surface area is 207 Å². The first kappa shape index (κ1) is 24.5. The lowest BCUT2D eigenvalue weighted by molar-refractivity contribution is 0.481. The first-order chi connectivity index (χ1) is 16.8. The minimum atomic E-state index is -3.73. The van der Waals surface area contributed by atoms with Crippen LogP contribution in [-0.4, -0.2) is 18.2 Å². The number of para-hydroxylation sites is 1. The molecule has 35 heavy (non-hydrogen) atoms.